The molecule has 1 N–H and O–H groups in total. The van der Waals surface area contributed by atoms with E-state index in [0.717, 1.165) is 14.7 Å². The summed E-state index contributed by atoms with van der Waals surface area (Å²) in [6.45, 7) is 5.78. The Morgan fingerprint density at radius 1 is 1.31 bits per heavy atom. The second-order valence-corrected chi connectivity index (χ2v) is 7.50. The van der Waals surface area contributed by atoms with Crippen molar-refractivity contribution in [3.8, 4) is 0 Å². The predicted molar refractivity (Wildman–Crippen MR) is 108 cm³/mol. The van der Waals surface area contributed by atoms with Crippen LogP contribution >= 0.6 is 27.3 Å². The number of benzene rings is 2. The molecule has 0 saturated heterocycles. The van der Waals surface area contributed by atoms with E-state index in [1.165, 1.54) is 18.3 Å². The number of rotatable bonds is 4. The Labute approximate surface area is 162 Å². The largest absolute Gasteiger partial charge is 0.326 e. The van der Waals surface area contributed by atoms with Crippen molar-refractivity contribution in [2.75, 3.05) is 5.32 Å². The Balaban J connectivity index is 2.11. The van der Waals surface area contributed by atoms with Gasteiger partial charge in [-0.1, -0.05) is 39.4 Å². The highest BCUT2D eigenvalue weighted by atomic mass is 79.9. The minimum Gasteiger partial charge on any atom is -0.326 e. The molecule has 0 fully saturated rings. The number of halogens is 1. The number of carbonyl (C=O) groups is 2. The van der Waals surface area contributed by atoms with Crippen molar-refractivity contribution in [3.63, 3.8) is 0 Å². The molecule has 1 aromatic heterocycles. The Kier molecular flexibility index (Phi) is 5.49. The van der Waals surface area contributed by atoms with Gasteiger partial charge in [-0.25, -0.2) is 0 Å². The Bertz CT molecular complexity index is 1080. The molecule has 0 atom stereocenters. The molecule has 3 rings (SSSR count). The van der Waals surface area contributed by atoms with Crippen LogP contribution in [0.2, 0.25) is 0 Å². The van der Waals surface area contributed by atoms with E-state index >= 15 is 0 Å². The maximum atomic E-state index is 12.5. The number of fused-ring (bicyclic) bond motifs is 1. The average Bonchev–Trinajstić information content (AvgIpc) is 2.91. The van der Waals surface area contributed by atoms with Crippen molar-refractivity contribution in [1.82, 2.24) is 4.57 Å². The SMILES string of the molecule is C=CCn1c(=NC(=O)c2cccc(Br)c2)sc2cc(NC(C)=O)ccc21. The first kappa shape index (κ1) is 18.3. The van der Waals surface area contributed by atoms with Gasteiger partial charge in [-0.15, -0.1) is 6.58 Å². The normalized spacial score (nSPS) is 11.5. The molecule has 0 radical (unpaired) electrons. The lowest BCUT2D eigenvalue weighted by Gasteiger charge is -2.03. The van der Waals surface area contributed by atoms with E-state index < -0.39 is 0 Å². The number of nitrogens with one attached hydrogen (secondary N) is 1. The van der Waals surface area contributed by atoms with Gasteiger partial charge in [-0.2, -0.15) is 4.99 Å². The molecule has 0 aliphatic carbocycles. The fourth-order valence-corrected chi connectivity index (χ4v) is 3.99. The minimum absolute atomic E-state index is 0.130. The fourth-order valence-electron chi connectivity index (χ4n) is 2.52. The molecule has 0 saturated carbocycles. The third-order valence-corrected chi connectivity index (χ3v) is 5.12. The zero-order valence-corrected chi connectivity index (χ0v) is 16.4. The molecule has 1 heterocycles. The van der Waals surface area contributed by atoms with Crippen LogP contribution in [0.5, 0.6) is 0 Å². The second-order valence-electron chi connectivity index (χ2n) is 5.57. The fraction of sp³-hybridized carbons (Fsp3) is 0.105. The quantitative estimate of drug-likeness (QED) is 0.626. The lowest BCUT2D eigenvalue weighted by atomic mass is 10.2. The molecule has 0 unspecified atom stereocenters. The molecule has 7 heteroatoms. The first-order chi connectivity index (χ1) is 12.5. The maximum absolute atomic E-state index is 12.5. The minimum atomic E-state index is -0.308. The summed E-state index contributed by atoms with van der Waals surface area (Å²) in [7, 11) is 0. The standard InChI is InChI=1S/C19H16BrN3O2S/c1-3-9-23-16-8-7-15(21-12(2)24)11-17(16)26-19(23)22-18(25)13-5-4-6-14(20)10-13/h3-8,10-11H,1,9H2,2H3,(H,21,24). The molecule has 132 valence electrons. The molecule has 2 amide bonds. The number of aromatic nitrogens is 1. The van der Waals surface area contributed by atoms with Crippen molar-refractivity contribution < 1.29 is 9.59 Å². The van der Waals surface area contributed by atoms with Gasteiger partial charge in [-0.05, 0) is 36.4 Å². The summed E-state index contributed by atoms with van der Waals surface area (Å²) in [4.78, 5) is 28.7. The second kappa shape index (κ2) is 7.80. The van der Waals surface area contributed by atoms with E-state index in [0.29, 0.717) is 22.6 Å². The highest BCUT2D eigenvalue weighted by Crippen LogP contribution is 2.22. The third-order valence-electron chi connectivity index (χ3n) is 3.58. The van der Waals surface area contributed by atoms with Crippen molar-refractivity contribution in [3.05, 3.63) is 70.0 Å². The predicted octanol–water partition coefficient (Wildman–Crippen LogP) is 4.35. The molecule has 0 spiro atoms. The zero-order chi connectivity index (χ0) is 18.7. The summed E-state index contributed by atoms with van der Waals surface area (Å²) in [6.07, 6.45) is 1.76. The van der Waals surface area contributed by atoms with Gasteiger partial charge in [-0.3, -0.25) is 9.59 Å². The monoisotopic (exact) mass is 429 g/mol. The number of amides is 2. The number of anilines is 1. The smallest absolute Gasteiger partial charge is 0.279 e. The van der Waals surface area contributed by atoms with E-state index in [4.69, 9.17) is 0 Å². The lowest BCUT2D eigenvalue weighted by molar-refractivity contribution is -0.114. The highest BCUT2D eigenvalue weighted by molar-refractivity contribution is 9.10. The molecule has 0 aliphatic heterocycles. The van der Waals surface area contributed by atoms with Crippen molar-refractivity contribution >= 4 is 55.0 Å². The molecule has 2 aromatic carbocycles. The molecule has 0 aliphatic rings. The van der Waals surface area contributed by atoms with Gasteiger partial charge in [0.2, 0.25) is 5.91 Å². The Hall–Kier alpha value is -2.51. The number of allylic oxidation sites excluding steroid dienone is 1. The highest BCUT2D eigenvalue weighted by Gasteiger charge is 2.10. The van der Waals surface area contributed by atoms with Crippen LogP contribution in [0.25, 0.3) is 10.2 Å². The van der Waals surface area contributed by atoms with Crippen LogP contribution in [0.1, 0.15) is 17.3 Å². The van der Waals surface area contributed by atoms with Crippen LogP contribution in [0.4, 0.5) is 5.69 Å². The lowest BCUT2D eigenvalue weighted by Crippen LogP contribution is -2.16. The summed E-state index contributed by atoms with van der Waals surface area (Å²) in [5, 5.41) is 2.77. The van der Waals surface area contributed by atoms with Gasteiger partial charge in [0.15, 0.2) is 4.80 Å². The van der Waals surface area contributed by atoms with Crippen LogP contribution in [0.15, 0.2) is 64.6 Å². The van der Waals surface area contributed by atoms with Gasteiger partial charge >= 0.3 is 0 Å². The molecule has 0 bridgehead atoms. The van der Waals surface area contributed by atoms with Crippen molar-refractivity contribution in [1.29, 1.82) is 0 Å². The first-order valence-electron chi connectivity index (χ1n) is 7.84. The topological polar surface area (TPSA) is 63.5 Å². The summed E-state index contributed by atoms with van der Waals surface area (Å²) in [6, 6.07) is 12.7. The van der Waals surface area contributed by atoms with E-state index in [1.807, 2.05) is 28.8 Å². The van der Waals surface area contributed by atoms with E-state index in [1.54, 1.807) is 24.3 Å². The summed E-state index contributed by atoms with van der Waals surface area (Å²) >= 11 is 4.76. The molecular weight excluding hydrogens is 414 g/mol. The third kappa shape index (κ3) is 4.00. The number of carbonyl (C=O) groups excluding carboxylic acids is 2. The summed E-state index contributed by atoms with van der Waals surface area (Å²) in [5.74, 6) is -0.438. The van der Waals surface area contributed by atoms with Crippen LogP contribution < -0.4 is 10.1 Å². The van der Waals surface area contributed by atoms with Gasteiger partial charge in [0.1, 0.15) is 0 Å². The first-order valence-corrected chi connectivity index (χ1v) is 9.45. The number of hydrogen-bond donors (Lipinski definition) is 1. The number of nitrogens with zero attached hydrogens (tertiary/aromatic N) is 2. The van der Waals surface area contributed by atoms with Crippen molar-refractivity contribution in [2.24, 2.45) is 4.99 Å². The van der Waals surface area contributed by atoms with Crippen LogP contribution in [-0.2, 0) is 11.3 Å². The Morgan fingerprint density at radius 2 is 2.12 bits per heavy atom. The summed E-state index contributed by atoms with van der Waals surface area (Å²) in [5.41, 5.74) is 2.16. The maximum Gasteiger partial charge on any atom is 0.279 e. The van der Waals surface area contributed by atoms with Crippen molar-refractivity contribution in [2.45, 2.75) is 13.5 Å². The van der Waals surface area contributed by atoms with Crippen LogP contribution in [0.3, 0.4) is 0 Å². The molecule has 5 nitrogen and oxygen atoms in total. The van der Waals surface area contributed by atoms with E-state index in [-0.39, 0.29) is 11.8 Å². The average molecular weight is 430 g/mol. The number of hydrogen-bond acceptors (Lipinski definition) is 3. The van der Waals surface area contributed by atoms with Crippen LogP contribution in [-0.4, -0.2) is 16.4 Å². The van der Waals surface area contributed by atoms with Gasteiger partial charge in [0.05, 0.1) is 10.2 Å². The van der Waals surface area contributed by atoms with E-state index in [2.05, 4.69) is 32.8 Å². The van der Waals surface area contributed by atoms with Gasteiger partial charge in [0.25, 0.3) is 5.91 Å². The van der Waals surface area contributed by atoms with Crippen LogP contribution in [0, 0.1) is 0 Å². The molecule has 26 heavy (non-hydrogen) atoms. The van der Waals surface area contributed by atoms with Gasteiger partial charge in [0, 0.05) is 29.2 Å². The van der Waals surface area contributed by atoms with Gasteiger partial charge < -0.3 is 9.88 Å². The molecular formula is C19H16BrN3O2S. The number of thiazole rings is 1. The zero-order valence-electron chi connectivity index (χ0n) is 14.0. The Morgan fingerprint density at radius 3 is 2.81 bits per heavy atom. The van der Waals surface area contributed by atoms with E-state index in [9.17, 15) is 9.59 Å². The summed E-state index contributed by atoms with van der Waals surface area (Å²) < 4.78 is 3.69. The molecule has 3 aromatic rings.